The lowest BCUT2D eigenvalue weighted by molar-refractivity contribution is -0.115. The largest absolute Gasteiger partial charge is 0.326 e. The van der Waals surface area contributed by atoms with E-state index in [2.05, 4.69) is 16.0 Å². The SMILES string of the molecule is CC(=O)Nc1cccc(NC(=O)CNCc2ccccc2C)c1. The van der Waals surface area contributed by atoms with Crippen LogP contribution in [-0.2, 0) is 16.1 Å². The molecule has 23 heavy (non-hydrogen) atoms. The molecule has 0 aliphatic carbocycles. The topological polar surface area (TPSA) is 70.2 Å². The zero-order valence-corrected chi connectivity index (χ0v) is 13.3. The van der Waals surface area contributed by atoms with Crippen molar-refractivity contribution >= 4 is 23.2 Å². The third-order valence-corrected chi connectivity index (χ3v) is 3.33. The van der Waals surface area contributed by atoms with Crippen LogP contribution in [0.15, 0.2) is 48.5 Å². The Bertz CT molecular complexity index is 698. The van der Waals surface area contributed by atoms with Gasteiger partial charge in [0.2, 0.25) is 11.8 Å². The fourth-order valence-corrected chi connectivity index (χ4v) is 2.20. The predicted molar refractivity (Wildman–Crippen MR) is 92.3 cm³/mol. The van der Waals surface area contributed by atoms with Crippen LogP contribution < -0.4 is 16.0 Å². The van der Waals surface area contributed by atoms with Gasteiger partial charge in [0.05, 0.1) is 6.54 Å². The van der Waals surface area contributed by atoms with Crippen LogP contribution in [0.2, 0.25) is 0 Å². The summed E-state index contributed by atoms with van der Waals surface area (Å²) in [6.07, 6.45) is 0. The third kappa shape index (κ3) is 5.56. The Morgan fingerprint density at radius 2 is 1.65 bits per heavy atom. The Morgan fingerprint density at radius 3 is 2.35 bits per heavy atom. The first-order valence-corrected chi connectivity index (χ1v) is 7.47. The molecule has 3 N–H and O–H groups in total. The van der Waals surface area contributed by atoms with Gasteiger partial charge in [-0.3, -0.25) is 9.59 Å². The molecule has 0 aliphatic rings. The number of carbonyl (C=O) groups is 2. The summed E-state index contributed by atoms with van der Waals surface area (Å²) in [5.41, 5.74) is 3.68. The van der Waals surface area contributed by atoms with Gasteiger partial charge < -0.3 is 16.0 Å². The van der Waals surface area contributed by atoms with E-state index in [9.17, 15) is 9.59 Å². The summed E-state index contributed by atoms with van der Waals surface area (Å²) in [4.78, 5) is 23.0. The standard InChI is InChI=1S/C18H21N3O2/c1-13-6-3-4-7-15(13)11-19-12-18(23)21-17-9-5-8-16(10-17)20-14(2)22/h3-10,19H,11-12H2,1-2H3,(H,20,22)(H,21,23). The number of anilines is 2. The highest BCUT2D eigenvalue weighted by molar-refractivity contribution is 5.94. The Kier molecular flexibility index (Phi) is 5.88. The average Bonchev–Trinajstić information content (AvgIpc) is 2.49. The molecule has 0 heterocycles. The second-order valence-corrected chi connectivity index (χ2v) is 5.34. The first kappa shape index (κ1) is 16.7. The minimum Gasteiger partial charge on any atom is -0.326 e. The van der Waals surface area contributed by atoms with Crippen LogP contribution >= 0.6 is 0 Å². The lowest BCUT2D eigenvalue weighted by Crippen LogP contribution is -2.28. The van der Waals surface area contributed by atoms with Crippen LogP contribution in [0.5, 0.6) is 0 Å². The molecule has 5 nitrogen and oxygen atoms in total. The van der Waals surface area contributed by atoms with Gasteiger partial charge in [0.15, 0.2) is 0 Å². The monoisotopic (exact) mass is 311 g/mol. The van der Waals surface area contributed by atoms with Crippen molar-refractivity contribution in [2.75, 3.05) is 17.2 Å². The van der Waals surface area contributed by atoms with Gasteiger partial charge in [0.25, 0.3) is 0 Å². The van der Waals surface area contributed by atoms with E-state index in [1.807, 2.05) is 31.2 Å². The zero-order valence-electron chi connectivity index (χ0n) is 13.3. The van der Waals surface area contributed by atoms with Crippen molar-refractivity contribution in [3.63, 3.8) is 0 Å². The lowest BCUT2D eigenvalue weighted by Gasteiger charge is -2.09. The van der Waals surface area contributed by atoms with Crippen LogP contribution in [0.4, 0.5) is 11.4 Å². The number of nitrogens with one attached hydrogen (secondary N) is 3. The van der Waals surface area contributed by atoms with Crippen molar-refractivity contribution in [3.8, 4) is 0 Å². The van der Waals surface area contributed by atoms with E-state index in [1.165, 1.54) is 18.1 Å². The van der Waals surface area contributed by atoms with Crippen LogP contribution in [-0.4, -0.2) is 18.4 Å². The Balaban J connectivity index is 1.83. The summed E-state index contributed by atoms with van der Waals surface area (Å²) in [6, 6.07) is 15.1. The van der Waals surface area contributed by atoms with E-state index in [4.69, 9.17) is 0 Å². The number of hydrogen-bond donors (Lipinski definition) is 3. The molecule has 120 valence electrons. The molecular formula is C18H21N3O2. The summed E-state index contributed by atoms with van der Waals surface area (Å²) in [5, 5.41) is 8.61. The number of hydrogen-bond acceptors (Lipinski definition) is 3. The summed E-state index contributed by atoms with van der Waals surface area (Å²) >= 11 is 0. The summed E-state index contributed by atoms with van der Waals surface area (Å²) < 4.78 is 0. The van der Waals surface area contributed by atoms with Gasteiger partial charge >= 0.3 is 0 Å². The van der Waals surface area contributed by atoms with Gasteiger partial charge in [-0.05, 0) is 36.2 Å². The average molecular weight is 311 g/mol. The van der Waals surface area contributed by atoms with Gasteiger partial charge in [-0.15, -0.1) is 0 Å². The zero-order chi connectivity index (χ0) is 16.7. The molecule has 0 fully saturated rings. The maximum absolute atomic E-state index is 12.0. The molecule has 2 aromatic carbocycles. The van der Waals surface area contributed by atoms with Crippen molar-refractivity contribution in [2.45, 2.75) is 20.4 Å². The summed E-state index contributed by atoms with van der Waals surface area (Å²) in [7, 11) is 0. The van der Waals surface area contributed by atoms with E-state index >= 15 is 0 Å². The number of aryl methyl sites for hydroxylation is 1. The van der Waals surface area contributed by atoms with Crippen molar-refractivity contribution in [1.29, 1.82) is 0 Å². The second kappa shape index (κ2) is 8.10. The first-order chi connectivity index (χ1) is 11.0. The van der Waals surface area contributed by atoms with E-state index in [1.54, 1.807) is 24.3 Å². The molecule has 5 heteroatoms. The van der Waals surface area contributed by atoms with E-state index in [0.29, 0.717) is 17.9 Å². The van der Waals surface area contributed by atoms with Gasteiger partial charge in [-0.2, -0.15) is 0 Å². The molecular weight excluding hydrogens is 290 g/mol. The highest BCUT2D eigenvalue weighted by Crippen LogP contribution is 2.14. The predicted octanol–water partition coefficient (Wildman–Crippen LogP) is 2.68. The molecule has 2 aromatic rings. The maximum Gasteiger partial charge on any atom is 0.238 e. The molecule has 0 saturated carbocycles. The van der Waals surface area contributed by atoms with Crippen molar-refractivity contribution in [3.05, 3.63) is 59.7 Å². The molecule has 2 rings (SSSR count). The number of benzene rings is 2. The fraction of sp³-hybridized carbons (Fsp3) is 0.222. The second-order valence-electron chi connectivity index (χ2n) is 5.34. The van der Waals surface area contributed by atoms with Crippen LogP contribution in [0.3, 0.4) is 0 Å². The normalized spacial score (nSPS) is 10.2. The van der Waals surface area contributed by atoms with E-state index < -0.39 is 0 Å². The minimum absolute atomic E-state index is 0.126. The van der Waals surface area contributed by atoms with E-state index in [0.717, 1.165) is 0 Å². The van der Waals surface area contributed by atoms with Crippen LogP contribution in [0, 0.1) is 6.92 Å². The first-order valence-electron chi connectivity index (χ1n) is 7.47. The number of carbonyl (C=O) groups excluding carboxylic acids is 2. The van der Waals surface area contributed by atoms with Crippen molar-refractivity contribution < 1.29 is 9.59 Å². The quantitative estimate of drug-likeness (QED) is 0.768. The Morgan fingerprint density at radius 1 is 0.957 bits per heavy atom. The number of amides is 2. The van der Waals surface area contributed by atoms with Crippen molar-refractivity contribution in [1.82, 2.24) is 5.32 Å². The van der Waals surface area contributed by atoms with Gasteiger partial charge in [0.1, 0.15) is 0 Å². The molecule has 0 saturated heterocycles. The number of rotatable bonds is 6. The summed E-state index contributed by atoms with van der Waals surface area (Å²) in [5.74, 6) is -0.271. The highest BCUT2D eigenvalue weighted by atomic mass is 16.2. The smallest absolute Gasteiger partial charge is 0.238 e. The molecule has 0 spiro atoms. The van der Waals surface area contributed by atoms with Gasteiger partial charge in [-0.1, -0.05) is 30.3 Å². The van der Waals surface area contributed by atoms with Gasteiger partial charge in [0, 0.05) is 24.8 Å². The fourth-order valence-electron chi connectivity index (χ4n) is 2.20. The van der Waals surface area contributed by atoms with Crippen molar-refractivity contribution in [2.24, 2.45) is 0 Å². The van der Waals surface area contributed by atoms with Crippen LogP contribution in [0.1, 0.15) is 18.1 Å². The van der Waals surface area contributed by atoms with Crippen LogP contribution in [0.25, 0.3) is 0 Å². The minimum atomic E-state index is -0.145. The Labute approximate surface area is 136 Å². The molecule has 0 unspecified atom stereocenters. The molecule has 2 amide bonds. The molecule has 0 atom stereocenters. The molecule has 0 bridgehead atoms. The maximum atomic E-state index is 12.0. The summed E-state index contributed by atoms with van der Waals surface area (Å²) in [6.45, 7) is 4.36. The highest BCUT2D eigenvalue weighted by Gasteiger charge is 2.04. The molecule has 0 aromatic heterocycles. The molecule has 0 radical (unpaired) electrons. The third-order valence-electron chi connectivity index (χ3n) is 3.33. The Hall–Kier alpha value is -2.66. The van der Waals surface area contributed by atoms with Gasteiger partial charge in [-0.25, -0.2) is 0 Å². The molecule has 0 aliphatic heterocycles. The lowest BCUT2D eigenvalue weighted by atomic mass is 10.1. The van der Waals surface area contributed by atoms with E-state index in [-0.39, 0.29) is 18.4 Å².